The Labute approximate surface area is 113 Å². The smallest absolute Gasteiger partial charge is 0.162 e. The van der Waals surface area contributed by atoms with Crippen molar-refractivity contribution >= 4 is 11.6 Å². The van der Waals surface area contributed by atoms with Gasteiger partial charge in [0.1, 0.15) is 0 Å². The first-order valence-electron chi connectivity index (χ1n) is 6.38. The van der Waals surface area contributed by atoms with Crippen LogP contribution in [-0.2, 0) is 6.42 Å². The second kappa shape index (κ2) is 5.81. The van der Waals surface area contributed by atoms with Gasteiger partial charge in [-0.1, -0.05) is 11.6 Å². The summed E-state index contributed by atoms with van der Waals surface area (Å²) in [7, 11) is 1.63. The molecule has 0 heterocycles. The molecule has 1 saturated carbocycles. The van der Waals surface area contributed by atoms with Gasteiger partial charge in [-0.25, -0.2) is 0 Å². The zero-order valence-corrected chi connectivity index (χ0v) is 11.7. The first-order valence-corrected chi connectivity index (χ1v) is 6.76. The highest BCUT2D eigenvalue weighted by Gasteiger charge is 2.21. The Kier molecular flexibility index (Phi) is 4.36. The third-order valence-corrected chi connectivity index (χ3v) is 3.57. The Hall–Kier alpha value is -0.930. The third-order valence-electron chi connectivity index (χ3n) is 3.22. The summed E-state index contributed by atoms with van der Waals surface area (Å²) in [5.41, 5.74) is 6.84. The minimum absolute atomic E-state index is 0.0763. The lowest BCUT2D eigenvalue weighted by molar-refractivity contribution is 0.116. The van der Waals surface area contributed by atoms with Crippen molar-refractivity contribution in [1.29, 1.82) is 0 Å². The molecule has 1 aromatic rings. The predicted molar refractivity (Wildman–Crippen MR) is 73.6 cm³/mol. The fourth-order valence-corrected chi connectivity index (χ4v) is 2.23. The van der Waals surface area contributed by atoms with Gasteiger partial charge in [0.15, 0.2) is 11.5 Å². The second-order valence-corrected chi connectivity index (χ2v) is 5.35. The summed E-state index contributed by atoms with van der Waals surface area (Å²) >= 11 is 6.22. The number of ether oxygens (including phenoxy) is 2. The largest absolute Gasteiger partial charge is 0.493 e. The fraction of sp³-hybridized carbons (Fsp3) is 0.571. The average molecular weight is 270 g/mol. The highest BCUT2D eigenvalue weighted by Crippen LogP contribution is 2.36. The first kappa shape index (κ1) is 13.5. The predicted octanol–water partition coefficient (Wildman–Crippen LogP) is 3.17. The van der Waals surface area contributed by atoms with Gasteiger partial charge in [-0.15, -0.1) is 0 Å². The molecule has 1 atom stereocenters. The number of halogens is 1. The van der Waals surface area contributed by atoms with Gasteiger partial charge in [0.25, 0.3) is 0 Å². The monoisotopic (exact) mass is 269 g/mol. The van der Waals surface area contributed by atoms with Crippen LogP contribution in [0, 0.1) is 0 Å². The molecule has 2 N–H and O–H groups in total. The molecule has 0 saturated heterocycles. The molecular formula is C14H20ClNO2. The Morgan fingerprint density at radius 3 is 2.61 bits per heavy atom. The van der Waals surface area contributed by atoms with Crippen LogP contribution in [0.5, 0.6) is 11.5 Å². The molecule has 0 spiro atoms. The Morgan fingerprint density at radius 2 is 2.11 bits per heavy atom. The maximum atomic E-state index is 6.22. The van der Waals surface area contributed by atoms with Crippen LogP contribution in [0.4, 0.5) is 0 Å². The van der Waals surface area contributed by atoms with E-state index in [0.717, 1.165) is 30.6 Å². The maximum Gasteiger partial charge on any atom is 0.162 e. The van der Waals surface area contributed by atoms with Crippen LogP contribution in [0.1, 0.15) is 31.7 Å². The van der Waals surface area contributed by atoms with E-state index in [9.17, 15) is 0 Å². The minimum atomic E-state index is 0.0763. The number of methoxy groups -OCH3 is 1. The fourth-order valence-electron chi connectivity index (χ4n) is 2.00. The number of nitrogens with two attached hydrogens (primary N) is 1. The van der Waals surface area contributed by atoms with Crippen LogP contribution in [0.2, 0.25) is 5.02 Å². The molecule has 0 aromatic heterocycles. The normalized spacial score (nSPS) is 17.1. The molecular weight excluding hydrogens is 250 g/mol. The van der Waals surface area contributed by atoms with Crippen molar-refractivity contribution in [3.63, 3.8) is 0 Å². The molecule has 0 radical (unpaired) electrons. The molecule has 1 aromatic carbocycles. The lowest BCUT2D eigenvalue weighted by atomic mass is 9.96. The van der Waals surface area contributed by atoms with E-state index < -0.39 is 0 Å². The van der Waals surface area contributed by atoms with Crippen molar-refractivity contribution in [2.45, 2.75) is 44.8 Å². The Bertz CT molecular complexity index is 417. The van der Waals surface area contributed by atoms with Crippen LogP contribution >= 0.6 is 11.6 Å². The molecule has 1 unspecified atom stereocenters. The molecule has 18 heavy (non-hydrogen) atoms. The van der Waals surface area contributed by atoms with E-state index in [4.69, 9.17) is 26.8 Å². The second-order valence-electron chi connectivity index (χ2n) is 4.95. The number of hydrogen-bond acceptors (Lipinski definition) is 3. The van der Waals surface area contributed by atoms with Crippen molar-refractivity contribution < 1.29 is 9.47 Å². The lowest BCUT2D eigenvalue weighted by Gasteiger charge is -2.27. The highest BCUT2D eigenvalue weighted by atomic mass is 35.5. The summed E-state index contributed by atoms with van der Waals surface area (Å²) in [6.07, 6.45) is 4.54. The number of rotatable bonds is 5. The van der Waals surface area contributed by atoms with Gasteiger partial charge in [0.2, 0.25) is 0 Å². The third kappa shape index (κ3) is 3.09. The summed E-state index contributed by atoms with van der Waals surface area (Å²) in [6.45, 7) is 1.97. The molecule has 0 aliphatic heterocycles. The Morgan fingerprint density at radius 1 is 1.39 bits per heavy atom. The summed E-state index contributed by atoms with van der Waals surface area (Å²) in [5, 5.41) is 0.685. The minimum Gasteiger partial charge on any atom is -0.493 e. The molecule has 4 heteroatoms. The summed E-state index contributed by atoms with van der Waals surface area (Å²) in [4.78, 5) is 0. The van der Waals surface area contributed by atoms with Gasteiger partial charge >= 0.3 is 0 Å². The van der Waals surface area contributed by atoms with Gasteiger partial charge < -0.3 is 15.2 Å². The van der Waals surface area contributed by atoms with E-state index in [1.165, 1.54) is 6.42 Å². The van der Waals surface area contributed by atoms with Crippen LogP contribution in [-0.4, -0.2) is 19.3 Å². The van der Waals surface area contributed by atoms with Crippen molar-refractivity contribution in [2.75, 3.05) is 7.11 Å². The van der Waals surface area contributed by atoms with Crippen LogP contribution in [0.25, 0.3) is 0 Å². The van der Waals surface area contributed by atoms with Crippen LogP contribution in [0.15, 0.2) is 12.1 Å². The van der Waals surface area contributed by atoms with Crippen LogP contribution < -0.4 is 15.2 Å². The van der Waals surface area contributed by atoms with Crippen molar-refractivity contribution in [3.05, 3.63) is 22.7 Å². The molecule has 2 rings (SSSR count). The SMILES string of the molecule is COc1cc(Cl)c(CC(C)N)cc1OC1CCC1. The lowest BCUT2D eigenvalue weighted by Crippen LogP contribution is -2.25. The average Bonchev–Trinajstić information content (AvgIpc) is 2.26. The van der Waals surface area contributed by atoms with Crippen molar-refractivity contribution in [3.8, 4) is 11.5 Å². The topological polar surface area (TPSA) is 44.5 Å². The van der Waals surface area contributed by atoms with Gasteiger partial charge in [0.05, 0.1) is 13.2 Å². The summed E-state index contributed by atoms with van der Waals surface area (Å²) in [5.74, 6) is 1.47. The number of benzene rings is 1. The van der Waals surface area contributed by atoms with E-state index in [1.807, 2.05) is 19.1 Å². The zero-order chi connectivity index (χ0) is 13.1. The quantitative estimate of drug-likeness (QED) is 0.893. The Balaban J connectivity index is 2.23. The molecule has 1 fully saturated rings. The van der Waals surface area contributed by atoms with E-state index in [1.54, 1.807) is 7.11 Å². The summed E-state index contributed by atoms with van der Waals surface area (Å²) in [6, 6.07) is 3.85. The van der Waals surface area contributed by atoms with Gasteiger partial charge in [-0.2, -0.15) is 0 Å². The molecule has 1 aliphatic rings. The van der Waals surface area contributed by atoms with E-state index in [-0.39, 0.29) is 6.04 Å². The number of hydrogen-bond donors (Lipinski definition) is 1. The maximum absolute atomic E-state index is 6.22. The van der Waals surface area contributed by atoms with Crippen molar-refractivity contribution in [1.82, 2.24) is 0 Å². The summed E-state index contributed by atoms with van der Waals surface area (Å²) < 4.78 is 11.2. The van der Waals surface area contributed by atoms with Crippen LogP contribution in [0.3, 0.4) is 0 Å². The van der Waals surface area contributed by atoms with Gasteiger partial charge in [-0.3, -0.25) is 0 Å². The van der Waals surface area contributed by atoms with Gasteiger partial charge in [0, 0.05) is 17.1 Å². The first-order chi connectivity index (χ1) is 8.60. The molecule has 0 amide bonds. The molecule has 0 bridgehead atoms. The standard InChI is InChI=1S/C14H20ClNO2/c1-9(16)6-10-7-14(18-11-4-3-5-11)13(17-2)8-12(10)15/h7-9,11H,3-6,16H2,1-2H3. The van der Waals surface area contributed by atoms with E-state index in [2.05, 4.69) is 0 Å². The van der Waals surface area contributed by atoms with E-state index >= 15 is 0 Å². The zero-order valence-electron chi connectivity index (χ0n) is 10.9. The molecule has 3 nitrogen and oxygen atoms in total. The van der Waals surface area contributed by atoms with Crippen molar-refractivity contribution in [2.24, 2.45) is 5.73 Å². The molecule has 1 aliphatic carbocycles. The molecule has 100 valence electrons. The van der Waals surface area contributed by atoms with E-state index in [0.29, 0.717) is 16.9 Å². The highest BCUT2D eigenvalue weighted by molar-refractivity contribution is 6.31. The van der Waals surface area contributed by atoms with Gasteiger partial charge in [-0.05, 0) is 44.2 Å².